The van der Waals surface area contributed by atoms with Crippen molar-refractivity contribution in [2.75, 3.05) is 18.0 Å². The van der Waals surface area contributed by atoms with Gasteiger partial charge in [0, 0.05) is 24.0 Å². The fourth-order valence-corrected chi connectivity index (χ4v) is 4.99. The summed E-state index contributed by atoms with van der Waals surface area (Å²) in [7, 11) is 0. The molecule has 2 aliphatic heterocycles. The quantitative estimate of drug-likeness (QED) is 0.864. The Morgan fingerprint density at radius 2 is 2.00 bits per heavy atom. The molecule has 0 aromatic carbocycles. The molecular weight excluding hydrogens is 270 g/mol. The van der Waals surface area contributed by atoms with Crippen LogP contribution in [0.5, 0.6) is 0 Å². The lowest BCUT2D eigenvalue weighted by Gasteiger charge is -2.32. The van der Waals surface area contributed by atoms with Gasteiger partial charge in [-0.05, 0) is 31.1 Å². The highest BCUT2D eigenvalue weighted by atomic mass is 32.1. The second-order valence-electron chi connectivity index (χ2n) is 7.32. The minimum Gasteiger partial charge on any atom is -0.371 e. The molecule has 110 valence electrons. The van der Waals surface area contributed by atoms with Crippen molar-refractivity contribution in [2.24, 2.45) is 11.1 Å². The number of hydrogen-bond donors (Lipinski definition) is 1. The van der Waals surface area contributed by atoms with Crippen LogP contribution in [0.4, 0.5) is 5.13 Å². The summed E-state index contributed by atoms with van der Waals surface area (Å²) in [5, 5.41) is 1.17. The molecular formula is C15H23N3OS. The van der Waals surface area contributed by atoms with Crippen LogP contribution in [0, 0.1) is 5.41 Å². The molecule has 1 aromatic heterocycles. The van der Waals surface area contributed by atoms with Crippen LogP contribution < -0.4 is 10.6 Å². The summed E-state index contributed by atoms with van der Waals surface area (Å²) < 4.78 is 5.92. The van der Waals surface area contributed by atoms with Gasteiger partial charge in [-0.3, -0.25) is 0 Å². The molecule has 2 N–H and O–H groups in total. The minimum atomic E-state index is 0.165. The third-order valence-corrected chi connectivity index (χ3v) is 6.08. The highest BCUT2D eigenvalue weighted by molar-refractivity contribution is 7.15. The standard InChI is InChI=1S/C15H23N3OS/c1-15(2)5-11(16)13-12(6-15)17-14(20-13)18-7-9-3-4-10(8-18)19-9/h9-11H,3-8,16H2,1-2H3. The largest absolute Gasteiger partial charge is 0.371 e. The van der Waals surface area contributed by atoms with E-state index in [0.717, 1.165) is 25.9 Å². The Bertz CT molecular complexity index is 515. The number of hydrogen-bond acceptors (Lipinski definition) is 5. The number of rotatable bonds is 1. The number of anilines is 1. The molecule has 1 aromatic rings. The van der Waals surface area contributed by atoms with Gasteiger partial charge in [-0.15, -0.1) is 0 Å². The summed E-state index contributed by atoms with van der Waals surface area (Å²) in [4.78, 5) is 8.67. The van der Waals surface area contributed by atoms with Crippen molar-refractivity contribution in [1.82, 2.24) is 4.98 Å². The maximum atomic E-state index is 6.36. The molecule has 0 spiro atoms. The number of aromatic nitrogens is 1. The van der Waals surface area contributed by atoms with Crippen molar-refractivity contribution >= 4 is 16.5 Å². The average molecular weight is 293 g/mol. The van der Waals surface area contributed by atoms with Crippen LogP contribution >= 0.6 is 11.3 Å². The zero-order chi connectivity index (χ0) is 13.9. The normalized spacial score (nSPS) is 35.1. The molecule has 4 nitrogen and oxygen atoms in total. The van der Waals surface area contributed by atoms with Gasteiger partial charge in [0.15, 0.2) is 5.13 Å². The lowest BCUT2D eigenvalue weighted by molar-refractivity contribution is 0.0304. The Balaban J connectivity index is 1.62. The topological polar surface area (TPSA) is 51.4 Å². The average Bonchev–Trinajstić information content (AvgIpc) is 2.92. The first-order chi connectivity index (χ1) is 9.50. The number of morpholine rings is 1. The van der Waals surface area contributed by atoms with E-state index in [1.165, 1.54) is 28.5 Å². The second-order valence-corrected chi connectivity index (χ2v) is 8.33. The second kappa shape index (κ2) is 4.42. The molecule has 2 fully saturated rings. The van der Waals surface area contributed by atoms with Crippen LogP contribution in [-0.4, -0.2) is 30.3 Å². The van der Waals surface area contributed by atoms with Gasteiger partial charge in [0.25, 0.3) is 0 Å². The van der Waals surface area contributed by atoms with Crippen molar-refractivity contribution in [1.29, 1.82) is 0 Å². The fraction of sp³-hybridized carbons (Fsp3) is 0.800. The molecule has 3 unspecified atom stereocenters. The first-order valence-corrected chi connectivity index (χ1v) is 8.47. The van der Waals surface area contributed by atoms with Gasteiger partial charge in [0.1, 0.15) is 0 Å². The molecule has 2 saturated heterocycles. The monoisotopic (exact) mass is 293 g/mol. The lowest BCUT2D eigenvalue weighted by Crippen LogP contribution is -2.42. The Labute approximate surface area is 124 Å². The highest BCUT2D eigenvalue weighted by Crippen LogP contribution is 2.44. The summed E-state index contributed by atoms with van der Waals surface area (Å²) in [6.45, 7) is 6.59. The first-order valence-electron chi connectivity index (χ1n) is 7.66. The van der Waals surface area contributed by atoms with Gasteiger partial charge in [-0.1, -0.05) is 25.2 Å². The van der Waals surface area contributed by atoms with E-state index in [9.17, 15) is 0 Å². The predicted molar refractivity (Wildman–Crippen MR) is 81.3 cm³/mol. The SMILES string of the molecule is CC1(C)Cc2nc(N3CC4CCC(C3)O4)sc2C(N)C1. The van der Waals surface area contributed by atoms with Crippen molar-refractivity contribution in [2.45, 2.75) is 57.8 Å². The Morgan fingerprint density at radius 1 is 1.30 bits per heavy atom. The molecule has 0 saturated carbocycles. The van der Waals surface area contributed by atoms with E-state index in [2.05, 4.69) is 18.7 Å². The van der Waals surface area contributed by atoms with Gasteiger partial charge < -0.3 is 15.4 Å². The summed E-state index contributed by atoms with van der Waals surface area (Å²) in [5.74, 6) is 0. The van der Waals surface area contributed by atoms with Crippen LogP contribution in [0.15, 0.2) is 0 Å². The number of nitrogens with zero attached hydrogens (tertiary/aromatic N) is 2. The molecule has 5 heteroatoms. The highest BCUT2D eigenvalue weighted by Gasteiger charge is 2.37. The van der Waals surface area contributed by atoms with Crippen molar-refractivity contribution in [3.63, 3.8) is 0 Å². The third-order valence-electron chi connectivity index (χ3n) is 4.79. The van der Waals surface area contributed by atoms with E-state index in [0.29, 0.717) is 12.2 Å². The number of fused-ring (bicyclic) bond motifs is 3. The fourth-order valence-electron chi connectivity index (χ4n) is 3.89. The number of thiazole rings is 1. The summed E-state index contributed by atoms with van der Waals surface area (Å²) in [6.07, 6.45) is 5.37. The Kier molecular flexibility index (Phi) is 2.88. The van der Waals surface area contributed by atoms with E-state index >= 15 is 0 Å². The Morgan fingerprint density at radius 3 is 2.70 bits per heavy atom. The molecule has 4 rings (SSSR count). The number of ether oxygens (including phenoxy) is 1. The maximum Gasteiger partial charge on any atom is 0.186 e. The zero-order valence-corrected chi connectivity index (χ0v) is 13.1. The first kappa shape index (κ1) is 13.0. The van der Waals surface area contributed by atoms with E-state index in [1.807, 2.05) is 11.3 Å². The van der Waals surface area contributed by atoms with E-state index in [1.54, 1.807) is 0 Å². The predicted octanol–water partition coefficient (Wildman–Crippen LogP) is 2.48. The Hall–Kier alpha value is -0.650. The molecule has 1 aliphatic carbocycles. The van der Waals surface area contributed by atoms with Gasteiger partial charge in [0.2, 0.25) is 0 Å². The molecule has 20 heavy (non-hydrogen) atoms. The van der Waals surface area contributed by atoms with Crippen molar-refractivity contribution in [3.05, 3.63) is 10.6 Å². The van der Waals surface area contributed by atoms with Crippen molar-refractivity contribution < 1.29 is 4.74 Å². The van der Waals surface area contributed by atoms with Gasteiger partial charge in [-0.25, -0.2) is 4.98 Å². The molecule has 0 amide bonds. The van der Waals surface area contributed by atoms with Crippen LogP contribution in [-0.2, 0) is 11.2 Å². The van der Waals surface area contributed by atoms with Crippen molar-refractivity contribution in [3.8, 4) is 0 Å². The molecule has 3 atom stereocenters. The van der Waals surface area contributed by atoms with Gasteiger partial charge in [-0.2, -0.15) is 0 Å². The summed E-state index contributed by atoms with van der Waals surface area (Å²) in [5.41, 5.74) is 7.88. The lowest BCUT2D eigenvalue weighted by atomic mass is 9.77. The van der Waals surface area contributed by atoms with Gasteiger partial charge >= 0.3 is 0 Å². The third kappa shape index (κ3) is 2.16. The van der Waals surface area contributed by atoms with E-state index in [-0.39, 0.29) is 11.5 Å². The van der Waals surface area contributed by atoms with Crippen LogP contribution in [0.1, 0.15) is 49.7 Å². The maximum absolute atomic E-state index is 6.36. The van der Waals surface area contributed by atoms with E-state index in [4.69, 9.17) is 15.5 Å². The molecule has 2 bridgehead atoms. The molecule has 3 heterocycles. The minimum absolute atomic E-state index is 0.165. The number of nitrogens with two attached hydrogens (primary N) is 1. The summed E-state index contributed by atoms with van der Waals surface area (Å²) in [6, 6.07) is 0.165. The smallest absolute Gasteiger partial charge is 0.186 e. The summed E-state index contributed by atoms with van der Waals surface area (Å²) >= 11 is 1.82. The zero-order valence-electron chi connectivity index (χ0n) is 12.3. The molecule has 3 aliphatic rings. The van der Waals surface area contributed by atoms with Crippen LogP contribution in [0.25, 0.3) is 0 Å². The van der Waals surface area contributed by atoms with E-state index < -0.39 is 0 Å². The van der Waals surface area contributed by atoms with Crippen LogP contribution in [0.2, 0.25) is 0 Å². The molecule has 0 radical (unpaired) electrons. The van der Waals surface area contributed by atoms with Gasteiger partial charge in [0.05, 0.1) is 17.9 Å². The van der Waals surface area contributed by atoms with Crippen LogP contribution in [0.3, 0.4) is 0 Å².